The summed E-state index contributed by atoms with van der Waals surface area (Å²) >= 11 is 6.21. The van der Waals surface area contributed by atoms with E-state index in [9.17, 15) is 4.39 Å². The van der Waals surface area contributed by atoms with Crippen molar-refractivity contribution in [1.82, 2.24) is 5.32 Å². The highest BCUT2D eigenvalue weighted by atomic mass is 35.5. The summed E-state index contributed by atoms with van der Waals surface area (Å²) in [6.07, 6.45) is 3.10. The normalized spacial score (nSPS) is 19.3. The lowest BCUT2D eigenvalue weighted by Crippen LogP contribution is -2.50. The highest BCUT2D eigenvalue weighted by molar-refractivity contribution is 6.31. The third-order valence-electron chi connectivity index (χ3n) is 3.81. The molecule has 100 valence electrons. The highest BCUT2D eigenvalue weighted by Gasteiger charge is 2.45. The molecule has 0 aromatic heterocycles. The lowest BCUT2D eigenvalue weighted by Gasteiger charge is -2.47. The SMILES string of the molecule is CCNC(c1cc(F)ccc1Cl)C1(OC)CCC1. The number of likely N-dealkylation sites (N-methyl/N-ethyl adjacent to an activating group) is 1. The molecular formula is C14H19ClFNO. The predicted molar refractivity (Wildman–Crippen MR) is 71.4 cm³/mol. The Bertz CT molecular complexity index is 415. The number of hydrogen-bond donors (Lipinski definition) is 1. The average Bonchev–Trinajstić information content (AvgIpc) is 2.31. The van der Waals surface area contributed by atoms with Crippen molar-refractivity contribution in [2.24, 2.45) is 0 Å². The van der Waals surface area contributed by atoms with Gasteiger partial charge in [0.2, 0.25) is 0 Å². The molecule has 1 aliphatic rings. The Hall–Kier alpha value is -0.640. The van der Waals surface area contributed by atoms with E-state index in [4.69, 9.17) is 16.3 Å². The fraction of sp³-hybridized carbons (Fsp3) is 0.571. The number of nitrogens with one attached hydrogen (secondary N) is 1. The smallest absolute Gasteiger partial charge is 0.123 e. The lowest BCUT2D eigenvalue weighted by atomic mass is 9.72. The highest BCUT2D eigenvalue weighted by Crippen LogP contribution is 2.46. The second kappa shape index (κ2) is 5.55. The van der Waals surface area contributed by atoms with Crippen molar-refractivity contribution < 1.29 is 9.13 Å². The summed E-state index contributed by atoms with van der Waals surface area (Å²) in [4.78, 5) is 0. The van der Waals surface area contributed by atoms with Gasteiger partial charge in [-0.25, -0.2) is 4.39 Å². The van der Waals surface area contributed by atoms with Crippen LogP contribution in [-0.2, 0) is 4.74 Å². The summed E-state index contributed by atoms with van der Waals surface area (Å²) in [5.74, 6) is -0.261. The van der Waals surface area contributed by atoms with Crippen LogP contribution in [0.1, 0.15) is 37.8 Å². The Labute approximate surface area is 112 Å². The van der Waals surface area contributed by atoms with Gasteiger partial charge in [0, 0.05) is 12.1 Å². The lowest BCUT2D eigenvalue weighted by molar-refractivity contribution is -0.0995. The zero-order valence-corrected chi connectivity index (χ0v) is 11.6. The zero-order valence-electron chi connectivity index (χ0n) is 10.8. The molecule has 1 aromatic carbocycles. The number of hydrogen-bond acceptors (Lipinski definition) is 2. The van der Waals surface area contributed by atoms with Gasteiger partial charge in [0.15, 0.2) is 0 Å². The molecule has 1 aliphatic carbocycles. The minimum absolute atomic E-state index is 0.0514. The third kappa shape index (κ3) is 2.40. The Kier molecular flexibility index (Phi) is 4.25. The molecule has 0 spiro atoms. The number of rotatable bonds is 5. The van der Waals surface area contributed by atoms with Crippen molar-refractivity contribution in [3.63, 3.8) is 0 Å². The van der Waals surface area contributed by atoms with Crippen molar-refractivity contribution in [2.45, 2.75) is 37.8 Å². The molecule has 1 aromatic rings. The van der Waals surface area contributed by atoms with Gasteiger partial charge in [-0.15, -0.1) is 0 Å². The van der Waals surface area contributed by atoms with Gasteiger partial charge in [-0.1, -0.05) is 18.5 Å². The molecule has 4 heteroatoms. The zero-order chi connectivity index (χ0) is 13.2. The minimum Gasteiger partial charge on any atom is -0.376 e. The summed E-state index contributed by atoms with van der Waals surface area (Å²) in [5.41, 5.74) is 0.549. The predicted octanol–water partition coefficient (Wildman–Crippen LogP) is 3.70. The van der Waals surface area contributed by atoms with E-state index in [-0.39, 0.29) is 17.5 Å². The van der Waals surface area contributed by atoms with Crippen molar-refractivity contribution in [3.05, 3.63) is 34.6 Å². The van der Waals surface area contributed by atoms with Crippen LogP contribution in [0.5, 0.6) is 0 Å². The summed E-state index contributed by atoms with van der Waals surface area (Å²) in [5, 5.41) is 3.97. The van der Waals surface area contributed by atoms with Crippen LogP contribution in [0.15, 0.2) is 18.2 Å². The molecule has 18 heavy (non-hydrogen) atoms. The van der Waals surface area contributed by atoms with Crippen LogP contribution in [0.25, 0.3) is 0 Å². The van der Waals surface area contributed by atoms with Crippen LogP contribution < -0.4 is 5.32 Å². The summed E-state index contributed by atoms with van der Waals surface area (Å²) in [6, 6.07) is 4.45. The molecule has 0 radical (unpaired) electrons. The monoisotopic (exact) mass is 271 g/mol. The summed E-state index contributed by atoms with van der Waals surface area (Å²) in [6.45, 7) is 2.82. The molecule has 0 bridgehead atoms. The molecule has 1 N–H and O–H groups in total. The molecule has 1 saturated carbocycles. The molecule has 1 atom stereocenters. The third-order valence-corrected chi connectivity index (χ3v) is 4.15. The molecule has 0 aliphatic heterocycles. The molecule has 0 saturated heterocycles. The summed E-state index contributed by atoms with van der Waals surface area (Å²) < 4.78 is 19.1. The van der Waals surface area contributed by atoms with Crippen molar-refractivity contribution in [1.29, 1.82) is 0 Å². The van der Waals surface area contributed by atoms with Crippen LogP contribution in [0.4, 0.5) is 4.39 Å². The number of benzene rings is 1. The van der Waals surface area contributed by atoms with Crippen LogP contribution in [-0.4, -0.2) is 19.3 Å². The van der Waals surface area contributed by atoms with Gasteiger partial charge >= 0.3 is 0 Å². The van der Waals surface area contributed by atoms with Gasteiger partial charge < -0.3 is 10.1 Å². The van der Waals surface area contributed by atoms with E-state index >= 15 is 0 Å². The van der Waals surface area contributed by atoms with Crippen LogP contribution >= 0.6 is 11.6 Å². The first-order chi connectivity index (χ1) is 8.63. The van der Waals surface area contributed by atoms with Crippen LogP contribution in [0.3, 0.4) is 0 Å². The van der Waals surface area contributed by atoms with E-state index in [0.29, 0.717) is 5.02 Å². The van der Waals surface area contributed by atoms with Gasteiger partial charge in [0.25, 0.3) is 0 Å². The molecule has 2 nitrogen and oxygen atoms in total. The van der Waals surface area contributed by atoms with E-state index in [1.807, 2.05) is 6.92 Å². The van der Waals surface area contributed by atoms with Crippen molar-refractivity contribution in [3.8, 4) is 0 Å². The van der Waals surface area contributed by atoms with Gasteiger partial charge in [-0.05, 0) is 49.6 Å². The maximum atomic E-state index is 13.4. The van der Waals surface area contributed by atoms with Gasteiger partial charge in [-0.3, -0.25) is 0 Å². The Morgan fingerprint density at radius 1 is 1.50 bits per heavy atom. The maximum Gasteiger partial charge on any atom is 0.123 e. The molecule has 2 rings (SSSR count). The molecular weight excluding hydrogens is 253 g/mol. The van der Waals surface area contributed by atoms with Gasteiger partial charge in [0.1, 0.15) is 5.82 Å². The fourth-order valence-corrected chi connectivity index (χ4v) is 2.88. The standard InChI is InChI=1S/C14H19ClFNO/c1-3-17-13(14(18-2)7-4-8-14)11-9-10(16)5-6-12(11)15/h5-6,9,13,17H,3-4,7-8H2,1-2H3. The number of ether oxygens (including phenoxy) is 1. The largest absolute Gasteiger partial charge is 0.376 e. The number of halogens is 2. The van der Waals surface area contributed by atoms with E-state index in [2.05, 4.69) is 5.32 Å². The quantitative estimate of drug-likeness (QED) is 0.882. The van der Waals surface area contributed by atoms with Gasteiger partial charge in [0.05, 0.1) is 11.6 Å². The molecule has 1 fully saturated rings. The van der Waals surface area contributed by atoms with Crippen LogP contribution in [0.2, 0.25) is 5.02 Å². The van der Waals surface area contributed by atoms with E-state index < -0.39 is 0 Å². The second-order valence-electron chi connectivity index (χ2n) is 4.78. The molecule has 1 unspecified atom stereocenters. The second-order valence-corrected chi connectivity index (χ2v) is 5.19. The Balaban J connectivity index is 2.37. The molecule has 0 heterocycles. The van der Waals surface area contributed by atoms with E-state index in [1.54, 1.807) is 13.2 Å². The first kappa shape index (κ1) is 13.8. The van der Waals surface area contributed by atoms with Gasteiger partial charge in [-0.2, -0.15) is 0 Å². The topological polar surface area (TPSA) is 21.3 Å². The molecule has 0 amide bonds. The Morgan fingerprint density at radius 2 is 2.22 bits per heavy atom. The van der Waals surface area contributed by atoms with Crippen molar-refractivity contribution in [2.75, 3.05) is 13.7 Å². The summed E-state index contributed by atoms with van der Waals surface area (Å²) in [7, 11) is 1.72. The number of methoxy groups -OCH3 is 1. The van der Waals surface area contributed by atoms with E-state index in [1.165, 1.54) is 12.1 Å². The first-order valence-corrected chi connectivity index (χ1v) is 6.74. The van der Waals surface area contributed by atoms with E-state index in [0.717, 1.165) is 31.4 Å². The minimum atomic E-state index is -0.261. The fourth-order valence-electron chi connectivity index (χ4n) is 2.66. The first-order valence-electron chi connectivity index (χ1n) is 6.36. The Morgan fingerprint density at radius 3 is 2.72 bits per heavy atom. The van der Waals surface area contributed by atoms with Crippen LogP contribution in [0, 0.1) is 5.82 Å². The maximum absolute atomic E-state index is 13.4. The van der Waals surface area contributed by atoms with Crippen molar-refractivity contribution >= 4 is 11.6 Å². The average molecular weight is 272 g/mol.